The molecule has 3 heterocycles. The van der Waals surface area contributed by atoms with Crippen LogP contribution in [0, 0.1) is 6.92 Å². The Hall–Kier alpha value is -3.62. The Morgan fingerprint density at radius 2 is 1.88 bits per heavy atom. The minimum absolute atomic E-state index is 0.545. The predicted octanol–water partition coefficient (Wildman–Crippen LogP) is 3.32. The zero-order chi connectivity index (χ0) is 22.8. The molecule has 0 spiro atoms. The Balaban J connectivity index is 1.57. The van der Waals surface area contributed by atoms with Crippen LogP contribution in [-0.2, 0) is 4.74 Å². The molecule has 8 nitrogen and oxygen atoms in total. The van der Waals surface area contributed by atoms with Gasteiger partial charge in [0.25, 0.3) is 0 Å². The van der Waals surface area contributed by atoms with E-state index in [2.05, 4.69) is 43.0 Å². The van der Waals surface area contributed by atoms with Gasteiger partial charge in [-0.25, -0.2) is 19.9 Å². The molecule has 1 N–H and O–H groups in total. The largest absolute Gasteiger partial charge is 0.496 e. The smallest absolute Gasteiger partial charge is 0.125 e. The first-order valence-corrected chi connectivity index (χ1v) is 10.9. The summed E-state index contributed by atoms with van der Waals surface area (Å²) in [4.78, 5) is 19.7. The van der Waals surface area contributed by atoms with Crippen LogP contribution in [0.15, 0.2) is 55.2 Å². The van der Waals surface area contributed by atoms with Crippen molar-refractivity contribution >= 4 is 16.6 Å². The van der Waals surface area contributed by atoms with Crippen molar-refractivity contribution in [2.24, 2.45) is 0 Å². The molecule has 1 atom stereocenters. The van der Waals surface area contributed by atoms with Gasteiger partial charge in [0, 0.05) is 41.5 Å². The van der Waals surface area contributed by atoms with Crippen LogP contribution in [0.2, 0.25) is 0 Å². The predicted molar refractivity (Wildman–Crippen MR) is 125 cm³/mol. The highest BCUT2D eigenvalue weighted by Crippen LogP contribution is 2.36. The minimum atomic E-state index is -0.955. The second-order valence-electron chi connectivity index (χ2n) is 7.97. The van der Waals surface area contributed by atoms with Crippen LogP contribution in [0.5, 0.6) is 5.75 Å². The third kappa shape index (κ3) is 4.10. The summed E-state index contributed by atoms with van der Waals surface area (Å²) in [5, 5.41) is 12.1. The van der Waals surface area contributed by atoms with E-state index in [0.717, 1.165) is 59.7 Å². The van der Waals surface area contributed by atoms with Gasteiger partial charge >= 0.3 is 0 Å². The number of hydrogen-bond donors (Lipinski definition) is 1. The lowest BCUT2D eigenvalue weighted by molar-refractivity contribution is 0.122. The van der Waals surface area contributed by atoms with E-state index >= 15 is 0 Å². The second-order valence-corrected chi connectivity index (χ2v) is 7.97. The van der Waals surface area contributed by atoms with E-state index in [1.165, 1.54) is 6.33 Å². The number of hydrogen-bond acceptors (Lipinski definition) is 8. The molecule has 0 aliphatic carbocycles. The van der Waals surface area contributed by atoms with Gasteiger partial charge in [-0.2, -0.15) is 0 Å². The van der Waals surface area contributed by atoms with E-state index in [1.54, 1.807) is 19.6 Å². The van der Waals surface area contributed by atoms with E-state index in [1.807, 2.05) is 25.1 Å². The number of methoxy groups -OCH3 is 1. The van der Waals surface area contributed by atoms with Crippen LogP contribution in [0.4, 0.5) is 5.69 Å². The molecular weight excluding hydrogens is 418 g/mol. The van der Waals surface area contributed by atoms with E-state index in [4.69, 9.17) is 9.47 Å². The van der Waals surface area contributed by atoms with Crippen LogP contribution < -0.4 is 9.64 Å². The number of ether oxygens (including phenoxy) is 2. The van der Waals surface area contributed by atoms with E-state index in [-0.39, 0.29) is 0 Å². The average Bonchev–Trinajstić information content (AvgIpc) is 2.88. The summed E-state index contributed by atoms with van der Waals surface area (Å²) in [6.07, 6.45) is 3.75. The molecule has 4 aromatic rings. The fourth-order valence-corrected chi connectivity index (χ4v) is 4.23. The Kier molecular flexibility index (Phi) is 5.85. The molecule has 0 saturated carbocycles. The maximum absolute atomic E-state index is 11.1. The summed E-state index contributed by atoms with van der Waals surface area (Å²) in [6.45, 7) is 5.07. The molecule has 1 unspecified atom stereocenters. The normalized spacial score (nSPS) is 14.9. The Morgan fingerprint density at radius 3 is 2.67 bits per heavy atom. The quantitative estimate of drug-likeness (QED) is 0.502. The van der Waals surface area contributed by atoms with Crippen LogP contribution in [0.1, 0.15) is 22.9 Å². The molecule has 0 amide bonds. The van der Waals surface area contributed by atoms with Crippen LogP contribution >= 0.6 is 0 Å². The minimum Gasteiger partial charge on any atom is -0.496 e. The summed E-state index contributed by atoms with van der Waals surface area (Å²) >= 11 is 0. The molecule has 168 valence electrons. The summed E-state index contributed by atoms with van der Waals surface area (Å²) in [5.74, 6) is 0.581. The van der Waals surface area contributed by atoms with Crippen molar-refractivity contribution in [3.63, 3.8) is 0 Å². The maximum Gasteiger partial charge on any atom is 0.125 e. The first-order valence-electron chi connectivity index (χ1n) is 10.9. The van der Waals surface area contributed by atoms with Gasteiger partial charge in [0.1, 0.15) is 24.5 Å². The van der Waals surface area contributed by atoms with Gasteiger partial charge in [-0.05, 0) is 48.9 Å². The first kappa shape index (κ1) is 21.2. The summed E-state index contributed by atoms with van der Waals surface area (Å²) < 4.78 is 11.0. The number of nitrogens with zero attached hydrogens (tertiary/aromatic N) is 5. The first-order chi connectivity index (χ1) is 16.2. The van der Waals surface area contributed by atoms with Crippen molar-refractivity contribution in [2.75, 3.05) is 38.3 Å². The lowest BCUT2D eigenvalue weighted by Gasteiger charge is -2.29. The average molecular weight is 444 g/mol. The van der Waals surface area contributed by atoms with Gasteiger partial charge in [0.15, 0.2) is 0 Å². The molecule has 1 saturated heterocycles. The van der Waals surface area contributed by atoms with Crippen LogP contribution in [0.3, 0.4) is 0 Å². The molecular formula is C25H25N5O3. The number of fused-ring (bicyclic) bond motifs is 1. The highest BCUT2D eigenvalue weighted by atomic mass is 16.5. The highest BCUT2D eigenvalue weighted by molar-refractivity contribution is 5.94. The Morgan fingerprint density at radius 1 is 1.03 bits per heavy atom. The molecule has 1 aliphatic rings. The van der Waals surface area contributed by atoms with E-state index in [0.29, 0.717) is 17.0 Å². The van der Waals surface area contributed by atoms with Gasteiger partial charge in [-0.1, -0.05) is 0 Å². The Bertz CT molecular complexity index is 1290. The maximum atomic E-state index is 11.1. The summed E-state index contributed by atoms with van der Waals surface area (Å²) in [5.41, 5.74) is 5.62. The molecule has 33 heavy (non-hydrogen) atoms. The molecule has 1 fully saturated rings. The molecule has 1 aliphatic heterocycles. The SMILES string of the molecule is COc1ccc(-c2ncnc3cc(N4CCOCC4)ccc23)cc1C(O)c1ncncc1C. The topological polar surface area (TPSA) is 93.5 Å². The van der Waals surface area contributed by atoms with Gasteiger partial charge in [0.05, 0.1) is 37.2 Å². The Labute approximate surface area is 191 Å². The third-order valence-electron chi connectivity index (χ3n) is 5.99. The number of anilines is 1. The van der Waals surface area contributed by atoms with Crippen molar-refractivity contribution < 1.29 is 14.6 Å². The van der Waals surface area contributed by atoms with Gasteiger partial charge < -0.3 is 19.5 Å². The number of morpholine rings is 1. The standard InChI is InChI=1S/C25H25N5O3/c1-16-13-26-14-28-23(16)25(31)20-11-17(3-6-22(20)32-2)24-19-5-4-18(12-21(19)27-15-29-24)30-7-9-33-10-8-30/h3-6,11-15,25,31H,7-10H2,1-2H3. The van der Waals surface area contributed by atoms with Crippen molar-refractivity contribution in [1.82, 2.24) is 19.9 Å². The van der Waals surface area contributed by atoms with Crippen molar-refractivity contribution in [3.05, 3.63) is 72.1 Å². The van der Waals surface area contributed by atoms with Gasteiger partial charge in [0.2, 0.25) is 0 Å². The fraction of sp³-hybridized carbons (Fsp3) is 0.280. The highest BCUT2D eigenvalue weighted by Gasteiger charge is 2.21. The van der Waals surface area contributed by atoms with Gasteiger partial charge in [-0.15, -0.1) is 0 Å². The number of aliphatic hydroxyl groups is 1. The molecule has 0 radical (unpaired) electrons. The monoisotopic (exact) mass is 443 g/mol. The zero-order valence-electron chi connectivity index (χ0n) is 18.6. The molecule has 2 aromatic heterocycles. The lowest BCUT2D eigenvalue weighted by atomic mass is 9.97. The third-order valence-corrected chi connectivity index (χ3v) is 5.99. The summed E-state index contributed by atoms with van der Waals surface area (Å²) in [7, 11) is 1.59. The number of aromatic nitrogens is 4. The number of aryl methyl sites for hydroxylation is 1. The number of benzene rings is 2. The van der Waals surface area contributed by atoms with Crippen molar-refractivity contribution in [2.45, 2.75) is 13.0 Å². The van der Waals surface area contributed by atoms with Gasteiger partial charge in [-0.3, -0.25) is 0 Å². The molecule has 2 aromatic carbocycles. The van der Waals surface area contributed by atoms with Crippen LogP contribution in [0.25, 0.3) is 22.2 Å². The van der Waals surface area contributed by atoms with Crippen molar-refractivity contribution in [3.8, 4) is 17.0 Å². The van der Waals surface area contributed by atoms with Crippen molar-refractivity contribution in [1.29, 1.82) is 0 Å². The fourth-order valence-electron chi connectivity index (χ4n) is 4.23. The number of aliphatic hydroxyl groups excluding tert-OH is 1. The number of rotatable bonds is 5. The molecule has 8 heteroatoms. The summed E-state index contributed by atoms with van der Waals surface area (Å²) in [6, 6.07) is 12.0. The molecule has 5 rings (SSSR count). The lowest BCUT2D eigenvalue weighted by Crippen LogP contribution is -2.36. The van der Waals surface area contributed by atoms with Crippen LogP contribution in [-0.4, -0.2) is 58.5 Å². The van der Waals surface area contributed by atoms with E-state index in [9.17, 15) is 5.11 Å². The second kappa shape index (κ2) is 9.09. The molecule has 0 bridgehead atoms. The zero-order valence-corrected chi connectivity index (χ0v) is 18.6. The van der Waals surface area contributed by atoms with E-state index < -0.39 is 6.10 Å².